The Hall–Kier alpha value is -1.08. The quantitative estimate of drug-likeness (QED) is 0.501. The largest absolute Gasteiger partial charge is 0.303 e. The summed E-state index contributed by atoms with van der Waals surface area (Å²) in [6.45, 7) is 10.5. The van der Waals surface area contributed by atoms with E-state index in [1.165, 1.54) is 16.7 Å². The van der Waals surface area contributed by atoms with Crippen molar-refractivity contribution in [3.63, 3.8) is 0 Å². The molecule has 0 aliphatic heterocycles. The molecule has 0 amide bonds. The number of carbonyl (C=O) groups excluding carboxylic acids is 1. The maximum Gasteiger partial charge on any atom is 0.122 e. The van der Waals surface area contributed by atoms with Gasteiger partial charge in [0.25, 0.3) is 0 Å². The van der Waals surface area contributed by atoms with Crippen LogP contribution in [0, 0.1) is 12.8 Å². The van der Waals surface area contributed by atoms with Crippen LogP contribution in [-0.2, 0) is 10.2 Å². The van der Waals surface area contributed by atoms with Crippen molar-refractivity contribution in [2.75, 3.05) is 0 Å². The maximum absolute atomic E-state index is 11.1. The van der Waals surface area contributed by atoms with Gasteiger partial charge in [-0.3, -0.25) is 0 Å². The van der Waals surface area contributed by atoms with Crippen molar-refractivity contribution in [3.8, 4) is 0 Å². The average molecular weight is 293 g/mol. The highest BCUT2D eigenvalue weighted by atomic mass is 35.5. The van der Waals surface area contributed by atoms with Gasteiger partial charge in [-0.25, -0.2) is 0 Å². The lowest BCUT2D eigenvalue weighted by molar-refractivity contribution is -0.111. The first-order chi connectivity index (χ1) is 9.28. The number of hydrogen-bond acceptors (Lipinski definition) is 1. The van der Waals surface area contributed by atoms with Gasteiger partial charge in [0.05, 0.1) is 0 Å². The van der Waals surface area contributed by atoms with Gasteiger partial charge in [0.1, 0.15) is 6.29 Å². The van der Waals surface area contributed by atoms with E-state index < -0.39 is 0 Å². The summed E-state index contributed by atoms with van der Waals surface area (Å²) >= 11 is 6.17. The van der Waals surface area contributed by atoms with Gasteiger partial charge in [-0.2, -0.15) is 0 Å². The molecule has 2 unspecified atom stereocenters. The lowest BCUT2D eigenvalue weighted by atomic mass is 9.72. The number of allylic oxidation sites excluding steroid dienone is 2. The van der Waals surface area contributed by atoms with Gasteiger partial charge in [-0.1, -0.05) is 43.2 Å². The zero-order valence-electron chi connectivity index (χ0n) is 13.2. The summed E-state index contributed by atoms with van der Waals surface area (Å²) in [6.07, 6.45) is 5.05. The van der Waals surface area contributed by atoms with E-state index in [0.717, 1.165) is 24.2 Å². The number of aldehydes is 1. The van der Waals surface area contributed by atoms with Crippen molar-refractivity contribution in [1.82, 2.24) is 0 Å². The van der Waals surface area contributed by atoms with E-state index in [1.807, 2.05) is 19.1 Å². The third kappa shape index (κ3) is 4.49. The van der Waals surface area contributed by atoms with Crippen LogP contribution < -0.4 is 0 Å². The first-order valence-electron chi connectivity index (χ1n) is 7.14. The Labute approximate surface area is 128 Å². The van der Waals surface area contributed by atoms with E-state index in [0.29, 0.717) is 0 Å². The highest BCUT2D eigenvalue weighted by Gasteiger charge is 2.29. The van der Waals surface area contributed by atoms with E-state index in [1.54, 1.807) is 0 Å². The molecule has 0 bridgehead atoms. The zero-order valence-corrected chi connectivity index (χ0v) is 13.9. The van der Waals surface area contributed by atoms with Gasteiger partial charge in [0.15, 0.2) is 0 Å². The lowest BCUT2D eigenvalue weighted by Crippen LogP contribution is -2.26. The van der Waals surface area contributed by atoms with Crippen LogP contribution in [0.1, 0.15) is 51.7 Å². The molecular formula is C18H25ClO. The molecule has 0 radical (unpaired) electrons. The van der Waals surface area contributed by atoms with Crippen LogP contribution in [0.25, 0.3) is 0 Å². The second-order valence-electron chi connectivity index (χ2n) is 6.32. The van der Waals surface area contributed by atoms with Crippen molar-refractivity contribution >= 4 is 17.9 Å². The summed E-state index contributed by atoms with van der Waals surface area (Å²) < 4.78 is 0. The summed E-state index contributed by atoms with van der Waals surface area (Å²) in [6, 6.07) is 6.03. The van der Waals surface area contributed by atoms with E-state index in [9.17, 15) is 4.79 Å². The van der Waals surface area contributed by atoms with Crippen LogP contribution in [-0.4, -0.2) is 6.29 Å². The van der Waals surface area contributed by atoms with Crippen molar-refractivity contribution in [2.24, 2.45) is 5.92 Å². The smallest absolute Gasteiger partial charge is 0.122 e. The standard InChI is InChI=1S/C18H25ClO/c1-13(2)8-9-18(5,11-14(3)12-20)17-10-16(19)7-6-15(17)4/h6-8,10,12,14H,9,11H2,1-5H3. The Morgan fingerprint density at radius 3 is 2.60 bits per heavy atom. The van der Waals surface area contributed by atoms with E-state index >= 15 is 0 Å². The Bertz CT molecular complexity index is 500. The summed E-state index contributed by atoms with van der Waals surface area (Å²) in [7, 11) is 0. The minimum absolute atomic E-state index is 0.0453. The van der Waals surface area contributed by atoms with E-state index in [-0.39, 0.29) is 11.3 Å². The molecule has 0 aliphatic carbocycles. The number of benzene rings is 1. The summed E-state index contributed by atoms with van der Waals surface area (Å²) in [4.78, 5) is 11.1. The molecule has 0 saturated carbocycles. The van der Waals surface area contributed by atoms with Crippen molar-refractivity contribution < 1.29 is 4.79 Å². The Balaban J connectivity index is 3.24. The zero-order chi connectivity index (χ0) is 15.3. The molecule has 1 rings (SSSR count). The molecule has 0 saturated heterocycles. The van der Waals surface area contributed by atoms with Gasteiger partial charge in [-0.15, -0.1) is 0 Å². The normalized spacial score (nSPS) is 15.3. The van der Waals surface area contributed by atoms with Crippen molar-refractivity contribution in [1.29, 1.82) is 0 Å². The first kappa shape index (κ1) is 17.0. The number of carbonyl (C=O) groups is 1. The number of hydrogen-bond donors (Lipinski definition) is 0. The first-order valence-corrected chi connectivity index (χ1v) is 7.51. The molecule has 1 aromatic rings. The number of rotatable bonds is 6. The summed E-state index contributed by atoms with van der Waals surface area (Å²) in [5.74, 6) is 0.0453. The second kappa shape index (κ2) is 7.08. The second-order valence-corrected chi connectivity index (χ2v) is 6.76. The molecule has 0 heterocycles. The fourth-order valence-electron chi connectivity index (χ4n) is 2.74. The van der Waals surface area contributed by atoms with Gasteiger partial charge in [0, 0.05) is 10.9 Å². The minimum atomic E-state index is -0.0629. The third-order valence-electron chi connectivity index (χ3n) is 3.82. The third-order valence-corrected chi connectivity index (χ3v) is 4.05. The SMILES string of the molecule is CC(C)=CCC(C)(CC(C)C=O)c1cc(Cl)ccc1C. The summed E-state index contributed by atoms with van der Waals surface area (Å²) in [5.41, 5.74) is 3.72. The van der Waals surface area contributed by atoms with Crippen LogP contribution in [0.4, 0.5) is 0 Å². The Morgan fingerprint density at radius 2 is 2.05 bits per heavy atom. The highest BCUT2D eigenvalue weighted by Crippen LogP contribution is 2.37. The number of aryl methyl sites for hydroxylation is 1. The molecule has 1 nitrogen and oxygen atoms in total. The molecule has 0 fully saturated rings. The molecule has 0 N–H and O–H groups in total. The van der Waals surface area contributed by atoms with Crippen molar-refractivity contribution in [2.45, 2.75) is 52.9 Å². The number of halogens is 1. The topological polar surface area (TPSA) is 17.1 Å². The average Bonchev–Trinajstić information content (AvgIpc) is 2.39. The molecule has 0 aliphatic rings. The highest BCUT2D eigenvalue weighted by molar-refractivity contribution is 6.30. The van der Waals surface area contributed by atoms with Gasteiger partial charge in [0.2, 0.25) is 0 Å². The molecule has 110 valence electrons. The molecule has 1 aromatic carbocycles. The van der Waals surface area contributed by atoms with Crippen LogP contribution in [0.3, 0.4) is 0 Å². The predicted octanol–water partition coefficient (Wildman–Crippen LogP) is 5.49. The van der Waals surface area contributed by atoms with Crippen LogP contribution in [0.5, 0.6) is 0 Å². The van der Waals surface area contributed by atoms with Gasteiger partial charge >= 0.3 is 0 Å². The molecule has 0 aromatic heterocycles. The van der Waals surface area contributed by atoms with Crippen LogP contribution in [0.15, 0.2) is 29.8 Å². The maximum atomic E-state index is 11.1. The van der Waals surface area contributed by atoms with E-state index in [4.69, 9.17) is 11.6 Å². The van der Waals surface area contributed by atoms with Gasteiger partial charge in [-0.05, 0) is 62.3 Å². The van der Waals surface area contributed by atoms with Crippen LogP contribution in [0.2, 0.25) is 5.02 Å². The summed E-state index contributed by atoms with van der Waals surface area (Å²) in [5, 5.41) is 0.757. The fourth-order valence-corrected chi connectivity index (χ4v) is 2.91. The minimum Gasteiger partial charge on any atom is -0.303 e. The molecule has 0 spiro atoms. The Kier molecular flexibility index (Phi) is 6.01. The van der Waals surface area contributed by atoms with Crippen LogP contribution >= 0.6 is 11.6 Å². The molecule has 2 atom stereocenters. The monoisotopic (exact) mass is 292 g/mol. The van der Waals surface area contributed by atoms with E-state index in [2.05, 4.69) is 39.8 Å². The van der Waals surface area contributed by atoms with Gasteiger partial charge < -0.3 is 4.79 Å². The molecular weight excluding hydrogens is 268 g/mol. The molecule has 20 heavy (non-hydrogen) atoms. The fraction of sp³-hybridized carbons (Fsp3) is 0.500. The lowest BCUT2D eigenvalue weighted by Gasteiger charge is -2.32. The predicted molar refractivity (Wildman–Crippen MR) is 87.4 cm³/mol. The Morgan fingerprint density at radius 1 is 1.40 bits per heavy atom. The molecule has 2 heteroatoms. The van der Waals surface area contributed by atoms with Crippen molar-refractivity contribution in [3.05, 3.63) is 46.0 Å².